The zero-order valence-electron chi connectivity index (χ0n) is 8.01. The highest BCUT2D eigenvalue weighted by atomic mass is 32.1. The summed E-state index contributed by atoms with van der Waals surface area (Å²) in [6.07, 6.45) is 2.41. The van der Waals surface area contributed by atoms with Gasteiger partial charge in [0, 0.05) is 23.2 Å². The molecule has 0 aliphatic heterocycles. The fraction of sp³-hybridized carbons (Fsp3) is 0.0909. The first kappa shape index (κ1) is 9.86. The molecule has 0 bridgehead atoms. The van der Waals surface area contributed by atoms with Gasteiger partial charge >= 0.3 is 0 Å². The minimum absolute atomic E-state index is 0.373. The van der Waals surface area contributed by atoms with E-state index in [4.69, 9.17) is 5.73 Å². The van der Waals surface area contributed by atoms with Gasteiger partial charge in [-0.3, -0.25) is 9.78 Å². The summed E-state index contributed by atoms with van der Waals surface area (Å²) in [4.78, 5) is 16.3. The van der Waals surface area contributed by atoms with Crippen LogP contribution in [0.2, 0.25) is 0 Å². The summed E-state index contributed by atoms with van der Waals surface area (Å²) in [7, 11) is 0. The van der Waals surface area contributed by atoms with Crippen molar-refractivity contribution in [1.29, 1.82) is 0 Å². The summed E-state index contributed by atoms with van der Waals surface area (Å²) in [6.45, 7) is 0. The Kier molecular flexibility index (Phi) is 2.78. The molecule has 1 amide bonds. The third-order valence-electron chi connectivity index (χ3n) is 2.08. The number of thiophene rings is 1. The Morgan fingerprint density at radius 1 is 1.40 bits per heavy atom. The Hall–Kier alpha value is -1.68. The quantitative estimate of drug-likeness (QED) is 0.854. The van der Waals surface area contributed by atoms with Crippen molar-refractivity contribution in [3.8, 4) is 0 Å². The molecule has 0 fully saturated rings. The maximum absolute atomic E-state index is 11.1. The predicted octanol–water partition coefficient (Wildman–Crippen LogP) is 1.83. The molecule has 2 aromatic rings. The minimum atomic E-state index is -0.373. The van der Waals surface area contributed by atoms with Gasteiger partial charge in [-0.2, -0.15) is 0 Å². The second-order valence-corrected chi connectivity index (χ2v) is 4.12. The largest absolute Gasteiger partial charge is 0.366 e. The highest BCUT2D eigenvalue weighted by Gasteiger charge is 2.09. The Morgan fingerprint density at radius 3 is 2.93 bits per heavy atom. The summed E-state index contributed by atoms with van der Waals surface area (Å²) < 4.78 is 0. The Balaban J connectivity index is 2.25. The zero-order valence-corrected chi connectivity index (χ0v) is 8.83. The molecule has 15 heavy (non-hydrogen) atoms. The molecule has 2 aromatic heterocycles. The normalized spacial score (nSPS) is 10.1. The molecule has 0 unspecified atom stereocenters. The van der Waals surface area contributed by atoms with Crippen LogP contribution in [0.3, 0.4) is 0 Å². The average Bonchev–Trinajstić information content (AvgIpc) is 2.67. The van der Waals surface area contributed by atoms with Crippen molar-refractivity contribution in [2.45, 2.75) is 6.42 Å². The van der Waals surface area contributed by atoms with Gasteiger partial charge in [-0.25, -0.2) is 0 Å². The first-order valence-electron chi connectivity index (χ1n) is 4.53. The number of hydrogen-bond donors (Lipinski definition) is 1. The monoisotopic (exact) mass is 218 g/mol. The van der Waals surface area contributed by atoms with Gasteiger partial charge in [-0.05, 0) is 23.6 Å². The van der Waals surface area contributed by atoms with Crippen LogP contribution in [0.5, 0.6) is 0 Å². The molecule has 76 valence electrons. The summed E-state index contributed by atoms with van der Waals surface area (Å²) in [6, 6.07) is 7.49. The Morgan fingerprint density at radius 2 is 2.27 bits per heavy atom. The highest BCUT2D eigenvalue weighted by Crippen LogP contribution is 2.19. The number of hydrogen-bond acceptors (Lipinski definition) is 3. The second-order valence-electron chi connectivity index (χ2n) is 3.12. The van der Waals surface area contributed by atoms with E-state index in [1.165, 1.54) is 11.3 Å². The number of nitrogens with zero attached hydrogens (tertiary/aromatic N) is 1. The summed E-state index contributed by atoms with van der Waals surface area (Å²) in [5.74, 6) is -0.373. The lowest BCUT2D eigenvalue weighted by Gasteiger charge is -1.99. The molecule has 0 atom stereocenters. The van der Waals surface area contributed by atoms with Gasteiger partial charge in [0.2, 0.25) is 5.91 Å². The van der Waals surface area contributed by atoms with E-state index in [0.29, 0.717) is 12.0 Å². The fourth-order valence-corrected chi connectivity index (χ4v) is 2.26. The van der Waals surface area contributed by atoms with Crippen LogP contribution < -0.4 is 5.73 Å². The van der Waals surface area contributed by atoms with Gasteiger partial charge < -0.3 is 5.73 Å². The molecular formula is C11H10N2OS. The van der Waals surface area contributed by atoms with Crippen molar-refractivity contribution >= 4 is 17.2 Å². The number of aromatic nitrogens is 1. The number of carbonyl (C=O) groups excluding carboxylic acids is 1. The van der Waals surface area contributed by atoms with Crippen LogP contribution in [0, 0.1) is 0 Å². The van der Waals surface area contributed by atoms with Crippen LogP contribution in [-0.2, 0) is 6.42 Å². The number of amides is 1. The van der Waals surface area contributed by atoms with E-state index in [1.807, 2.05) is 23.6 Å². The van der Waals surface area contributed by atoms with E-state index in [1.54, 1.807) is 12.3 Å². The first-order chi connectivity index (χ1) is 7.27. The molecule has 0 spiro atoms. The molecule has 2 heterocycles. The SMILES string of the molecule is NC(=O)c1ccsc1Cc1ccccn1. The van der Waals surface area contributed by atoms with E-state index in [-0.39, 0.29) is 5.91 Å². The number of nitrogens with two attached hydrogens (primary N) is 1. The van der Waals surface area contributed by atoms with Crippen molar-refractivity contribution in [3.63, 3.8) is 0 Å². The van der Waals surface area contributed by atoms with Crippen molar-refractivity contribution in [1.82, 2.24) is 4.98 Å². The maximum Gasteiger partial charge on any atom is 0.249 e. The topological polar surface area (TPSA) is 56.0 Å². The van der Waals surface area contributed by atoms with Gasteiger partial charge in [0.25, 0.3) is 0 Å². The number of carbonyl (C=O) groups is 1. The lowest BCUT2D eigenvalue weighted by molar-refractivity contribution is 0.1000. The molecule has 2 rings (SSSR count). The molecule has 3 nitrogen and oxygen atoms in total. The van der Waals surface area contributed by atoms with E-state index < -0.39 is 0 Å². The molecule has 0 aliphatic rings. The van der Waals surface area contributed by atoms with Gasteiger partial charge in [-0.15, -0.1) is 11.3 Å². The summed E-state index contributed by atoms with van der Waals surface area (Å²) >= 11 is 1.53. The van der Waals surface area contributed by atoms with E-state index in [9.17, 15) is 4.79 Å². The fourth-order valence-electron chi connectivity index (χ4n) is 1.36. The molecule has 0 saturated carbocycles. The Bertz CT molecular complexity index is 464. The van der Waals surface area contributed by atoms with Crippen LogP contribution >= 0.6 is 11.3 Å². The van der Waals surface area contributed by atoms with Crippen LogP contribution in [0.1, 0.15) is 20.9 Å². The molecular weight excluding hydrogens is 208 g/mol. The third-order valence-corrected chi connectivity index (χ3v) is 3.00. The molecule has 2 N–H and O–H groups in total. The van der Waals surface area contributed by atoms with Crippen molar-refractivity contribution in [3.05, 3.63) is 52.0 Å². The molecule has 0 aromatic carbocycles. The van der Waals surface area contributed by atoms with Crippen molar-refractivity contribution < 1.29 is 4.79 Å². The maximum atomic E-state index is 11.1. The summed E-state index contributed by atoms with van der Waals surface area (Å²) in [5, 5.41) is 1.87. The van der Waals surface area contributed by atoms with Crippen LogP contribution in [0.15, 0.2) is 35.8 Å². The van der Waals surface area contributed by atoms with Gasteiger partial charge in [0.1, 0.15) is 0 Å². The van der Waals surface area contributed by atoms with E-state index in [2.05, 4.69) is 4.98 Å². The summed E-state index contributed by atoms with van der Waals surface area (Å²) in [5.41, 5.74) is 6.81. The predicted molar refractivity (Wildman–Crippen MR) is 59.9 cm³/mol. The van der Waals surface area contributed by atoms with Crippen LogP contribution in [-0.4, -0.2) is 10.9 Å². The highest BCUT2D eigenvalue weighted by molar-refractivity contribution is 7.10. The molecule has 0 saturated heterocycles. The standard InChI is InChI=1S/C11H10N2OS/c12-11(14)9-4-6-15-10(9)7-8-3-1-2-5-13-8/h1-6H,7H2,(H2,12,14). The lowest BCUT2D eigenvalue weighted by atomic mass is 10.1. The molecule has 0 radical (unpaired) electrons. The second kappa shape index (κ2) is 4.23. The number of primary amides is 1. The minimum Gasteiger partial charge on any atom is -0.366 e. The van der Waals surface area contributed by atoms with E-state index in [0.717, 1.165) is 10.6 Å². The average molecular weight is 218 g/mol. The van der Waals surface area contributed by atoms with Gasteiger partial charge in [0.05, 0.1) is 5.56 Å². The van der Waals surface area contributed by atoms with Crippen molar-refractivity contribution in [2.24, 2.45) is 5.73 Å². The zero-order chi connectivity index (χ0) is 10.7. The molecule has 0 aliphatic carbocycles. The smallest absolute Gasteiger partial charge is 0.249 e. The van der Waals surface area contributed by atoms with Crippen molar-refractivity contribution in [2.75, 3.05) is 0 Å². The van der Waals surface area contributed by atoms with Gasteiger partial charge in [0.15, 0.2) is 0 Å². The van der Waals surface area contributed by atoms with Crippen LogP contribution in [0.25, 0.3) is 0 Å². The number of pyridine rings is 1. The van der Waals surface area contributed by atoms with Crippen LogP contribution in [0.4, 0.5) is 0 Å². The number of rotatable bonds is 3. The third kappa shape index (κ3) is 2.22. The van der Waals surface area contributed by atoms with E-state index >= 15 is 0 Å². The Labute approximate surface area is 91.6 Å². The first-order valence-corrected chi connectivity index (χ1v) is 5.41. The lowest BCUT2D eigenvalue weighted by Crippen LogP contribution is -2.12. The van der Waals surface area contributed by atoms with Gasteiger partial charge in [-0.1, -0.05) is 6.07 Å². The molecule has 4 heteroatoms.